The maximum Gasteiger partial charge on any atom is 0.259 e. The largest absolute Gasteiger partial charge is 0.497 e. The van der Waals surface area contributed by atoms with Crippen molar-refractivity contribution in [3.8, 4) is 11.5 Å². The molecule has 0 radical (unpaired) electrons. The summed E-state index contributed by atoms with van der Waals surface area (Å²) in [6, 6.07) is 10.8. The summed E-state index contributed by atoms with van der Waals surface area (Å²) in [7, 11) is 3.16. The van der Waals surface area contributed by atoms with Crippen molar-refractivity contribution in [3.63, 3.8) is 0 Å². The highest BCUT2D eigenvalue weighted by Crippen LogP contribution is 2.28. The second kappa shape index (κ2) is 6.63. The molecule has 0 saturated heterocycles. The molecule has 0 spiro atoms. The van der Waals surface area contributed by atoms with Gasteiger partial charge in [-0.2, -0.15) is 0 Å². The molecule has 0 aliphatic heterocycles. The van der Waals surface area contributed by atoms with Gasteiger partial charge in [0.2, 0.25) is 0 Å². The van der Waals surface area contributed by atoms with Crippen LogP contribution in [0.4, 0.5) is 5.69 Å². The lowest BCUT2D eigenvalue weighted by atomic mass is 10.1. The van der Waals surface area contributed by atoms with Crippen molar-refractivity contribution in [1.29, 1.82) is 0 Å². The number of carbonyl (C=O) groups excluding carboxylic acids is 1. The molecular formula is C16H16BrNO3. The van der Waals surface area contributed by atoms with Gasteiger partial charge in [-0.3, -0.25) is 4.79 Å². The molecule has 21 heavy (non-hydrogen) atoms. The monoisotopic (exact) mass is 349 g/mol. The Labute approximate surface area is 132 Å². The van der Waals surface area contributed by atoms with Crippen molar-refractivity contribution in [3.05, 3.63) is 52.0 Å². The van der Waals surface area contributed by atoms with Crippen molar-refractivity contribution in [1.82, 2.24) is 0 Å². The Kier molecular flexibility index (Phi) is 4.85. The number of anilines is 1. The summed E-state index contributed by atoms with van der Waals surface area (Å²) in [5, 5.41) is 2.84. The molecule has 5 heteroatoms. The third-order valence-electron chi connectivity index (χ3n) is 3.04. The second-order valence-electron chi connectivity index (χ2n) is 4.49. The van der Waals surface area contributed by atoms with Gasteiger partial charge in [0.15, 0.2) is 0 Å². The molecule has 0 aliphatic rings. The number of nitrogens with one attached hydrogen (secondary N) is 1. The van der Waals surface area contributed by atoms with Gasteiger partial charge in [0.1, 0.15) is 11.5 Å². The summed E-state index contributed by atoms with van der Waals surface area (Å²) < 4.78 is 11.2. The summed E-state index contributed by atoms with van der Waals surface area (Å²) in [6.45, 7) is 1.90. The zero-order chi connectivity index (χ0) is 15.4. The Bertz CT molecular complexity index is 653. The van der Waals surface area contributed by atoms with Gasteiger partial charge in [-0.1, -0.05) is 15.9 Å². The third-order valence-corrected chi connectivity index (χ3v) is 3.49. The fourth-order valence-corrected chi connectivity index (χ4v) is 2.61. The normalized spacial score (nSPS) is 10.1. The Morgan fingerprint density at radius 1 is 1.10 bits per heavy atom. The number of hydrogen-bond acceptors (Lipinski definition) is 3. The Morgan fingerprint density at radius 2 is 1.76 bits per heavy atom. The van der Waals surface area contributed by atoms with E-state index in [0.717, 1.165) is 15.8 Å². The van der Waals surface area contributed by atoms with E-state index < -0.39 is 0 Å². The number of rotatable bonds is 4. The molecule has 1 N–H and O–H groups in total. The minimum atomic E-state index is -0.221. The van der Waals surface area contributed by atoms with Crippen molar-refractivity contribution >= 4 is 27.5 Å². The second-order valence-corrected chi connectivity index (χ2v) is 5.40. The van der Waals surface area contributed by atoms with E-state index in [1.165, 1.54) is 0 Å². The van der Waals surface area contributed by atoms with E-state index in [1.807, 2.05) is 13.0 Å². The molecule has 2 aromatic rings. The van der Waals surface area contributed by atoms with Crippen LogP contribution in [0.3, 0.4) is 0 Å². The van der Waals surface area contributed by atoms with Crippen LogP contribution in [0.25, 0.3) is 0 Å². The molecule has 0 aliphatic carbocycles. The van der Waals surface area contributed by atoms with E-state index in [0.29, 0.717) is 17.0 Å². The number of halogens is 1. The Balaban J connectivity index is 2.27. The highest BCUT2D eigenvalue weighted by atomic mass is 79.9. The average molecular weight is 350 g/mol. The van der Waals surface area contributed by atoms with Crippen LogP contribution in [0.5, 0.6) is 11.5 Å². The van der Waals surface area contributed by atoms with Gasteiger partial charge in [0.25, 0.3) is 5.91 Å². The maximum atomic E-state index is 12.4. The van der Waals surface area contributed by atoms with Gasteiger partial charge < -0.3 is 14.8 Å². The Hall–Kier alpha value is -2.01. The van der Waals surface area contributed by atoms with Crippen LogP contribution >= 0.6 is 15.9 Å². The first-order valence-electron chi connectivity index (χ1n) is 6.34. The van der Waals surface area contributed by atoms with E-state index in [1.54, 1.807) is 44.6 Å². The molecule has 0 bridgehead atoms. The lowest BCUT2D eigenvalue weighted by molar-refractivity contribution is 0.102. The molecule has 0 unspecified atom stereocenters. The zero-order valence-electron chi connectivity index (χ0n) is 12.1. The molecule has 0 heterocycles. The molecule has 1 amide bonds. The minimum absolute atomic E-state index is 0.221. The smallest absolute Gasteiger partial charge is 0.259 e. The lowest BCUT2D eigenvalue weighted by Crippen LogP contribution is -2.13. The van der Waals surface area contributed by atoms with Gasteiger partial charge in [-0.25, -0.2) is 0 Å². The number of methoxy groups -OCH3 is 2. The first kappa shape index (κ1) is 15.4. The SMILES string of the molecule is COc1ccc(NC(=O)c2cc(Br)cc(C)c2OC)cc1. The first-order valence-corrected chi connectivity index (χ1v) is 7.14. The predicted molar refractivity (Wildman–Crippen MR) is 86.4 cm³/mol. The quantitative estimate of drug-likeness (QED) is 0.906. The number of carbonyl (C=O) groups is 1. The van der Waals surface area contributed by atoms with Gasteiger partial charge in [-0.15, -0.1) is 0 Å². The van der Waals surface area contributed by atoms with Crippen LogP contribution in [0.15, 0.2) is 40.9 Å². The maximum absolute atomic E-state index is 12.4. The van der Waals surface area contributed by atoms with Gasteiger partial charge in [0.05, 0.1) is 19.8 Å². The number of hydrogen-bond donors (Lipinski definition) is 1. The van der Waals surface area contributed by atoms with Crippen molar-refractivity contribution < 1.29 is 14.3 Å². The zero-order valence-corrected chi connectivity index (χ0v) is 13.7. The number of benzene rings is 2. The highest BCUT2D eigenvalue weighted by Gasteiger charge is 2.15. The summed E-state index contributed by atoms with van der Waals surface area (Å²) in [6.07, 6.45) is 0. The first-order chi connectivity index (χ1) is 10.0. The highest BCUT2D eigenvalue weighted by molar-refractivity contribution is 9.10. The fraction of sp³-hybridized carbons (Fsp3) is 0.188. The summed E-state index contributed by atoms with van der Waals surface area (Å²) >= 11 is 3.40. The third kappa shape index (κ3) is 3.55. The molecule has 110 valence electrons. The van der Waals surface area contributed by atoms with Crippen molar-refractivity contribution in [2.75, 3.05) is 19.5 Å². The molecular weight excluding hydrogens is 334 g/mol. The molecule has 0 aromatic heterocycles. The topological polar surface area (TPSA) is 47.6 Å². The summed E-state index contributed by atoms with van der Waals surface area (Å²) in [4.78, 5) is 12.4. The molecule has 0 saturated carbocycles. The van der Waals surface area contributed by atoms with Crippen LogP contribution in [0.2, 0.25) is 0 Å². The summed E-state index contributed by atoms with van der Waals surface area (Å²) in [5.41, 5.74) is 2.08. The average Bonchev–Trinajstić information content (AvgIpc) is 2.47. The predicted octanol–water partition coefficient (Wildman–Crippen LogP) is 4.03. The van der Waals surface area contributed by atoms with E-state index in [2.05, 4.69) is 21.2 Å². The Morgan fingerprint density at radius 3 is 2.33 bits per heavy atom. The van der Waals surface area contributed by atoms with Gasteiger partial charge >= 0.3 is 0 Å². The van der Waals surface area contributed by atoms with E-state index in [-0.39, 0.29) is 5.91 Å². The number of ether oxygens (including phenoxy) is 2. The molecule has 0 fully saturated rings. The van der Waals surface area contributed by atoms with Crippen molar-refractivity contribution in [2.24, 2.45) is 0 Å². The molecule has 0 atom stereocenters. The van der Waals surface area contributed by atoms with Crippen LogP contribution in [-0.4, -0.2) is 20.1 Å². The summed E-state index contributed by atoms with van der Waals surface area (Å²) in [5.74, 6) is 1.09. The number of aryl methyl sites for hydroxylation is 1. The van der Waals surface area contributed by atoms with Gasteiger partial charge in [0, 0.05) is 10.2 Å². The fourth-order valence-electron chi connectivity index (χ4n) is 2.04. The molecule has 2 rings (SSSR count). The van der Waals surface area contributed by atoms with Crippen LogP contribution in [0, 0.1) is 6.92 Å². The number of amides is 1. The van der Waals surface area contributed by atoms with E-state index >= 15 is 0 Å². The van der Waals surface area contributed by atoms with E-state index in [4.69, 9.17) is 9.47 Å². The molecule has 4 nitrogen and oxygen atoms in total. The standard InChI is InChI=1S/C16H16BrNO3/c1-10-8-11(17)9-14(15(10)21-3)16(19)18-12-4-6-13(20-2)7-5-12/h4-9H,1-3H3,(H,18,19). The van der Waals surface area contributed by atoms with Crippen molar-refractivity contribution in [2.45, 2.75) is 6.92 Å². The van der Waals surface area contributed by atoms with Crippen LogP contribution < -0.4 is 14.8 Å². The lowest BCUT2D eigenvalue weighted by Gasteiger charge is -2.12. The van der Waals surface area contributed by atoms with Crippen LogP contribution in [0.1, 0.15) is 15.9 Å². The van der Waals surface area contributed by atoms with Crippen LogP contribution in [-0.2, 0) is 0 Å². The van der Waals surface area contributed by atoms with E-state index in [9.17, 15) is 4.79 Å². The minimum Gasteiger partial charge on any atom is -0.497 e. The van der Waals surface area contributed by atoms with Gasteiger partial charge in [-0.05, 0) is 48.9 Å². The molecule has 2 aromatic carbocycles.